The number of aliphatic carboxylic acids is 2. The van der Waals surface area contributed by atoms with E-state index in [9.17, 15) is 29.7 Å². The number of H-pyrrole nitrogens is 2. The number of carboxylic acids is 2. The largest absolute Gasteiger partial charge is 0.481 e. The molecule has 0 aromatic carbocycles. The Labute approximate surface area is 346 Å². The minimum atomic E-state index is -1.01. The van der Waals surface area contributed by atoms with Crippen molar-refractivity contribution in [2.45, 2.75) is 119 Å². The molecule has 5 heterocycles. The van der Waals surface area contributed by atoms with E-state index in [4.69, 9.17) is 9.97 Å². The molecule has 2 aliphatic heterocycles. The lowest BCUT2D eigenvalue weighted by atomic mass is 9.98. The summed E-state index contributed by atoms with van der Waals surface area (Å²) < 4.78 is 0. The van der Waals surface area contributed by atoms with Crippen LogP contribution >= 0.6 is 0 Å². The number of hydrogen-bond donors (Lipinski definition) is 5. The van der Waals surface area contributed by atoms with Crippen LogP contribution in [0.2, 0.25) is 0 Å². The Bertz CT molecular complexity index is 2480. The average Bonchev–Trinajstić information content (AvgIpc) is 3.85. The van der Waals surface area contributed by atoms with Gasteiger partial charge in [-0.2, -0.15) is 0 Å². The molecule has 5 rings (SSSR count). The van der Waals surface area contributed by atoms with Crippen molar-refractivity contribution in [1.82, 2.24) is 19.9 Å². The lowest BCUT2D eigenvalue weighted by Crippen LogP contribution is -1.98. The van der Waals surface area contributed by atoms with Crippen LogP contribution in [0, 0.1) is 13.8 Å². The first-order valence-corrected chi connectivity index (χ1v) is 20.4. The van der Waals surface area contributed by atoms with Gasteiger partial charge < -0.3 is 25.3 Å². The third-order valence-electron chi connectivity index (χ3n) is 11.3. The van der Waals surface area contributed by atoms with E-state index in [0.29, 0.717) is 64.0 Å². The quantitative estimate of drug-likeness (QED) is 0.0625. The Morgan fingerprint density at radius 1 is 0.695 bits per heavy atom. The third kappa shape index (κ3) is 10.8. The van der Waals surface area contributed by atoms with Crippen molar-refractivity contribution >= 4 is 62.6 Å². The van der Waals surface area contributed by atoms with Crippen molar-refractivity contribution in [1.29, 1.82) is 0 Å². The molecule has 3 aromatic heterocycles. The minimum absolute atomic E-state index is 0.0624. The standard InChI is InChI=1S/C49H58N4O6/c1-9-34-31(6)39-25-45-49(46(55)18-12-17-30(5)16-11-15-29(4)14-10-13-28(2)3)33(8)40(52-45)24-44-37(27-54)36(20-22-48(58)59)43(53-44)26-42-35(19-21-47(56)57)32(7)38(51-42)23-41(34)50-39/h9,13,15,17,23-27,46,51-52,55H,1,10-12,14,16,18-22H2,2-8H3,(H,56,57)(H,58,59)/b29-15+,30-17+,38-23?,39-25?,40-24?,41-23?,42-26?,43-26?,44-24?,45-25?. The molecule has 0 saturated heterocycles. The van der Waals surface area contributed by atoms with Gasteiger partial charge in [0.15, 0.2) is 6.29 Å². The predicted molar refractivity (Wildman–Crippen MR) is 238 cm³/mol. The smallest absolute Gasteiger partial charge is 0.303 e. The molecule has 0 fully saturated rings. The topological polar surface area (TPSA) is 169 Å². The number of rotatable bonds is 18. The summed E-state index contributed by atoms with van der Waals surface area (Å²) >= 11 is 0. The number of aldehydes is 1. The summed E-state index contributed by atoms with van der Waals surface area (Å²) in [5, 5.41) is 31.1. The number of allylic oxidation sites excluding steroid dienone is 11. The molecule has 3 aromatic rings. The molecule has 0 spiro atoms. The van der Waals surface area contributed by atoms with Gasteiger partial charge in [-0.1, -0.05) is 47.6 Å². The van der Waals surface area contributed by atoms with Crippen LogP contribution in [0.4, 0.5) is 0 Å². The summed E-state index contributed by atoms with van der Waals surface area (Å²) in [6.07, 6.45) is 13.7. The number of fused-ring (bicyclic) bond motifs is 8. The molecular formula is C49H58N4O6. The highest BCUT2D eigenvalue weighted by Gasteiger charge is 2.24. The van der Waals surface area contributed by atoms with Crippen LogP contribution in [-0.2, 0) is 20.8 Å². The highest BCUT2D eigenvalue weighted by molar-refractivity contribution is 6.18. The second-order valence-corrected chi connectivity index (χ2v) is 16.0. The van der Waals surface area contributed by atoms with Crippen LogP contribution < -0.4 is 0 Å². The van der Waals surface area contributed by atoms with Gasteiger partial charge >= 0.3 is 11.9 Å². The Hall–Kier alpha value is -5.87. The van der Waals surface area contributed by atoms with Crippen molar-refractivity contribution in [3.05, 3.63) is 117 Å². The number of aryl methyl sites for hydroxylation is 3. The van der Waals surface area contributed by atoms with Gasteiger partial charge in [0.25, 0.3) is 0 Å². The number of aliphatic hydroxyl groups is 1. The van der Waals surface area contributed by atoms with Crippen molar-refractivity contribution in [2.75, 3.05) is 0 Å². The lowest BCUT2D eigenvalue weighted by Gasteiger charge is -2.11. The zero-order valence-electron chi connectivity index (χ0n) is 35.5. The monoisotopic (exact) mass is 798 g/mol. The molecule has 0 saturated carbocycles. The van der Waals surface area contributed by atoms with Crippen molar-refractivity contribution < 1.29 is 29.7 Å². The highest BCUT2D eigenvalue weighted by atomic mass is 16.4. The number of hydrogen-bond acceptors (Lipinski definition) is 6. The van der Waals surface area contributed by atoms with Crippen LogP contribution in [-0.4, -0.2) is 53.5 Å². The molecule has 8 bridgehead atoms. The summed E-state index contributed by atoms with van der Waals surface area (Å²) in [5.41, 5.74) is 14.5. The Balaban J connectivity index is 1.65. The van der Waals surface area contributed by atoms with E-state index in [-0.39, 0.29) is 31.3 Å². The van der Waals surface area contributed by atoms with E-state index < -0.39 is 18.0 Å². The van der Waals surface area contributed by atoms with E-state index in [1.807, 2.05) is 32.9 Å². The van der Waals surface area contributed by atoms with E-state index in [1.165, 1.54) is 16.7 Å². The Morgan fingerprint density at radius 3 is 1.86 bits per heavy atom. The second-order valence-electron chi connectivity index (χ2n) is 16.0. The van der Waals surface area contributed by atoms with Gasteiger partial charge in [-0.05, 0) is 152 Å². The van der Waals surface area contributed by atoms with Crippen LogP contribution in [0.5, 0.6) is 0 Å². The van der Waals surface area contributed by atoms with E-state index >= 15 is 0 Å². The SMILES string of the molecule is C=CC1=C(C)c2cc3[nH]c(cc4nc(cc5[nH]c(cc1n2)c(C)c5CCC(=O)O)C(CCC(=O)O)=C4C=O)c(C)c3C(O)CC/C=C(\C)CC/C=C(\C)CCC=C(C)C. The van der Waals surface area contributed by atoms with Gasteiger partial charge in [-0.3, -0.25) is 14.4 Å². The molecule has 10 nitrogen and oxygen atoms in total. The van der Waals surface area contributed by atoms with E-state index in [1.54, 1.807) is 18.2 Å². The molecule has 2 aliphatic rings. The van der Waals surface area contributed by atoms with Crippen molar-refractivity contribution in [3.8, 4) is 0 Å². The zero-order valence-corrected chi connectivity index (χ0v) is 35.5. The fourth-order valence-corrected chi connectivity index (χ4v) is 7.88. The number of aliphatic hydroxyl groups excluding tert-OH is 1. The highest BCUT2D eigenvalue weighted by Crippen LogP contribution is 2.37. The number of nitrogens with zero attached hydrogens (tertiary/aromatic N) is 2. The van der Waals surface area contributed by atoms with E-state index in [0.717, 1.165) is 64.6 Å². The van der Waals surface area contributed by atoms with Gasteiger partial charge in [-0.15, -0.1) is 0 Å². The molecule has 5 N–H and O–H groups in total. The first-order valence-electron chi connectivity index (χ1n) is 20.4. The number of nitrogens with one attached hydrogen (secondary N) is 2. The van der Waals surface area contributed by atoms with Gasteiger partial charge in [0.05, 0.1) is 28.9 Å². The zero-order chi connectivity index (χ0) is 43.0. The Kier molecular flexibility index (Phi) is 14.8. The summed E-state index contributed by atoms with van der Waals surface area (Å²) in [4.78, 5) is 53.2. The van der Waals surface area contributed by atoms with Crippen molar-refractivity contribution in [2.24, 2.45) is 0 Å². The minimum Gasteiger partial charge on any atom is -0.481 e. The first-order chi connectivity index (χ1) is 28.1. The van der Waals surface area contributed by atoms with Gasteiger partial charge in [0, 0.05) is 51.6 Å². The number of aromatic amines is 2. The summed E-state index contributed by atoms with van der Waals surface area (Å²) in [6.45, 7) is 18.5. The van der Waals surface area contributed by atoms with Crippen LogP contribution in [0.3, 0.4) is 0 Å². The molecule has 1 unspecified atom stereocenters. The normalized spacial score (nSPS) is 13.8. The molecule has 0 radical (unpaired) electrons. The lowest BCUT2D eigenvalue weighted by molar-refractivity contribution is -0.137. The van der Waals surface area contributed by atoms with E-state index in [2.05, 4.69) is 62.5 Å². The molecule has 59 heavy (non-hydrogen) atoms. The molecule has 10 heteroatoms. The fraction of sp³-hybridized carbons (Fsp3) is 0.367. The molecule has 310 valence electrons. The number of aromatic nitrogens is 4. The van der Waals surface area contributed by atoms with Crippen LogP contribution in [0.15, 0.2) is 71.9 Å². The predicted octanol–water partition coefficient (Wildman–Crippen LogP) is 11.3. The maximum absolute atomic E-state index is 12.8. The number of carbonyl (C=O) groups excluding carboxylic acids is 1. The van der Waals surface area contributed by atoms with Crippen LogP contribution in [0.25, 0.3) is 44.4 Å². The van der Waals surface area contributed by atoms with Gasteiger partial charge in [-0.25, -0.2) is 9.97 Å². The summed E-state index contributed by atoms with van der Waals surface area (Å²) in [6, 6.07) is 7.40. The van der Waals surface area contributed by atoms with Crippen LogP contribution in [0.1, 0.15) is 144 Å². The molecule has 0 amide bonds. The maximum atomic E-state index is 12.8. The summed E-state index contributed by atoms with van der Waals surface area (Å²) in [7, 11) is 0. The van der Waals surface area contributed by atoms with Crippen molar-refractivity contribution in [3.63, 3.8) is 0 Å². The average molecular weight is 799 g/mol. The Morgan fingerprint density at radius 2 is 1.24 bits per heavy atom. The summed E-state index contributed by atoms with van der Waals surface area (Å²) in [5.74, 6) is -1.95. The van der Waals surface area contributed by atoms with Gasteiger partial charge in [0.2, 0.25) is 0 Å². The third-order valence-corrected chi connectivity index (χ3v) is 11.3. The number of carboxylic acid groups (broad SMARTS) is 2. The fourth-order valence-electron chi connectivity index (χ4n) is 7.88. The second kappa shape index (κ2) is 19.7. The van der Waals surface area contributed by atoms with Gasteiger partial charge in [0.1, 0.15) is 0 Å². The molecule has 1 atom stereocenters. The molecular weight excluding hydrogens is 741 g/mol. The maximum Gasteiger partial charge on any atom is 0.303 e. The number of carbonyl (C=O) groups is 3. The molecule has 0 aliphatic carbocycles. The first kappa shape index (κ1) is 44.2.